The van der Waals surface area contributed by atoms with E-state index in [9.17, 15) is 0 Å². The summed E-state index contributed by atoms with van der Waals surface area (Å²) in [6.45, 7) is 4.47. The van der Waals surface area contributed by atoms with Crippen molar-refractivity contribution in [2.75, 3.05) is 24.6 Å². The number of nitrogens with zero attached hydrogens (tertiary/aromatic N) is 7. The first kappa shape index (κ1) is 21.9. The van der Waals surface area contributed by atoms with Gasteiger partial charge < -0.3 is 14.2 Å². The Kier molecular flexibility index (Phi) is 5.58. The number of thiophene rings is 1. The second-order valence-corrected chi connectivity index (χ2v) is 9.77. The van der Waals surface area contributed by atoms with Gasteiger partial charge >= 0.3 is 0 Å². The van der Waals surface area contributed by atoms with Crippen molar-refractivity contribution in [3.05, 3.63) is 55.0 Å². The predicted octanol–water partition coefficient (Wildman–Crippen LogP) is 4.77. The van der Waals surface area contributed by atoms with Crippen molar-refractivity contribution in [3.63, 3.8) is 0 Å². The van der Waals surface area contributed by atoms with Crippen LogP contribution >= 0.6 is 11.3 Å². The molecule has 0 amide bonds. The van der Waals surface area contributed by atoms with Crippen LogP contribution in [0.3, 0.4) is 0 Å². The van der Waals surface area contributed by atoms with Crippen LogP contribution < -0.4 is 4.90 Å². The van der Waals surface area contributed by atoms with Gasteiger partial charge in [0, 0.05) is 57.9 Å². The van der Waals surface area contributed by atoms with Crippen LogP contribution in [0, 0.1) is 0 Å². The molecule has 1 aliphatic rings. The summed E-state index contributed by atoms with van der Waals surface area (Å²) in [5.74, 6) is 2.32. The minimum atomic E-state index is 0.204. The summed E-state index contributed by atoms with van der Waals surface area (Å²) in [4.78, 5) is 19.1. The number of benzene rings is 1. The smallest absolute Gasteiger partial charge is 0.199 e. The van der Waals surface area contributed by atoms with E-state index in [1.165, 1.54) is 0 Å². The Labute approximate surface area is 207 Å². The summed E-state index contributed by atoms with van der Waals surface area (Å²) < 4.78 is 9.77. The first-order valence-electron chi connectivity index (χ1n) is 11.9. The van der Waals surface area contributed by atoms with Crippen LogP contribution in [0.1, 0.15) is 13.3 Å². The third-order valence-corrected chi connectivity index (χ3v) is 7.52. The Morgan fingerprint density at radius 3 is 2.66 bits per heavy atom. The maximum absolute atomic E-state index is 5.97. The first-order valence-corrected chi connectivity index (χ1v) is 12.7. The van der Waals surface area contributed by atoms with Gasteiger partial charge in [-0.15, -0.1) is 11.3 Å². The molecule has 9 heteroatoms. The molecule has 0 N–H and O–H groups in total. The van der Waals surface area contributed by atoms with E-state index in [4.69, 9.17) is 19.8 Å². The number of imidazole rings is 1. The quantitative estimate of drug-likeness (QED) is 0.345. The molecule has 0 radical (unpaired) electrons. The topological polar surface area (TPSA) is 73.9 Å². The van der Waals surface area contributed by atoms with Gasteiger partial charge in [0.2, 0.25) is 0 Å². The maximum Gasteiger partial charge on any atom is 0.199 e. The summed E-state index contributed by atoms with van der Waals surface area (Å²) in [5, 5.41) is 5.81. The Morgan fingerprint density at radius 1 is 1.09 bits per heavy atom. The number of fused-ring (bicyclic) bond motifs is 1. The molecule has 4 aromatic heterocycles. The zero-order valence-electron chi connectivity index (χ0n) is 20.0. The Balaban J connectivity index is 1.64. The summed E-state index contributed by atoms with van der Waals surface area (Å²) in [5.41, 5.74) is 3.20. The summed E-state index contributed by atoms with van der Waals surface area (Å²) in [7, 11) is 3.92. The van der Waals surface area contributed by atoms with E-state index in [0.29, 0.717) is 12.4 Å². The first-order chi connectivity index (χ1) is 17.1. The Morgan fingerprint density at radius 2 is 1.94 bits per heavy atom. The largest absolute Gasteiger partial charge is 0.377 e. The highest BCUT2D eigenvalue weighted by Gasteiger charge is 2.30. The lowest BCUT2D eigenvalue weighted by molar-refractivity contribution is 0.0787. The van der Waals surface area contributed by atoms with Gasteiger partial charge in [-0.1, -0.05) is 30.3 Å². The molecule has 0 spiro atoms. The average molecular weight is 486 g/mol. The van der Waals surface area contributed by atoms with Gasteiger partial charge in [-0.2, -0.15) is 5.10 Å². The monoisotopic (exact) mass is 485 g/mol. The Hall–Kier alpha value is -3.56. The van der Waals surface area contributed by atoms with E-state index >= 15 is 0 Å². The number of hydrogen-bond acceptors (Lipinski definition) is 7. The summed E-state index contributed by atoms with van der Waals surface area (Å²) in [6.07, 6.45) is 6.87. The molecule has 0 aliphatic carbocycles. The van der Waals surface area contributed by atoms with Crippen LogP contribution in [-0.4, -0.2) is 55.1 Å². The van der Waals surface area contributed by atoms with Gasteiger partial charge in [0.05, 0.1) is 16.4 Å². The minimum absolute atomic E-state index is 0.204. The maximum atomic E-state index is 5.97. The molecule has 1 aromatic carbocycles. The van der Waals surface area contributed by atoms with Gasteiger partial charge in [0.25, 0.3) is 0 Å². The van der Waals surface area contributed by atoms with Crippen molar-refractivity contribution < 1.29 is 4.74 Å². The number of ether oxygens (including phenoxy) is 1. The van der Waals surface area contributed by atoms with Gasteiger partial charge in [0.1, 0.15) is 16.3 Å². The molecular formula is C26H27N7OS. The van der Waals surface area contributed by atoms with Crippen LogP contribution in [0.4, 0.5) is 5.82 Å². The highest BCUT2D eigenvalue weighted by Crippen LogP contribution is 2.47. The second-order valence-electron chi connectivity index (χ2n) is 8.77. The lowest BCUT2D eigenvalue weighted by Gasteiger charge is -2.20. The molecule has 1 atom stereocenters. The van der Waals surface area contributed by atoms with Crippen LogP contribution in [0.15, 0.2) is 55.0 Å². The minimum Gasteiger partial charge on any atom is -0.377 e. The predicted molar refractivity (Wildman–Crippen MR) is 139 cm³/mol. The number of rotatable bonds is 6. The van der Waals surface area contributed by atoms with Crippen molar-refractivity contribution >= 4 is 27.4 Å². The van der Waals surface area contributed by atoms with Crippen LogP contribution in [0.25, 0.3) is 43.6 Å². The fourth-order valence-corrected chi connectivity index (χ4v) is 5.94. The van der Waals surface area contributed by atoms with E-state index in [1.54, 1.807) is 17.5 Å². The number of aryl methyl sites for hydroxylation is 2. The lowest BCUT2D eigenvalue weighted by atomic mass is 10.0. The van der Waals surface area contributed by atoms with Gasteiger partial charge in [-0.25, -0.2) is 15.0 Å². The van der Waals surface area contributed by atoms with Crippen molar-refractivity contribution in [2.24, 2.45) is 14.1 Å². The number of anilines is 1. The van der Waals surface area contributed by atoms with Crippen molar-refractivity contribution in [3.8, 4) is 33.3 Å². The molecule has 1 fully saturated rings. The number of aromatic nitrogens is 6. The molecule has 35 heavy (non-hydrogen) atoms. The third kappa shape index (κ3) is 3.90. The molecule has 6 rings (SSSR count). The highest BCUT2D eigenvalue weighted by molar-refractivity contribution is 7.22. The fourth-order valence-electron chi connectivity index (χ4n) is 4.78. The van der Waals surface area contributed by atoms with Crippen molar-refractivity contribution in [1.82, 2.24) is 29.3 Å². The van der Waals surface area contributed by atoms with Crippen molar-refractivity contribution in [2.45, 2.75) is 19.4 Å². The zero-order chi connectivity index (χ0) is 23.9. The van der Waals surface area contributed by atoms with Crippen LogP contribution in [-0.2, 0) is 18.8 Å². The van der Waals surface area contributed by atoms with Gasteiger partial charge in [-0.3, -0.25) is 4.68 Å². The van der Waals surface area contributed by atoms with Gasteiger partial charge in [-0.05, 0) is 25.0 Å². The number of hydrogen-bond donors (Lipinski definition) is 0. The third-order valence-electron chi connectivity index (χ3n) is 6.41. The average Bonchev–Trinajstić information content (AvgIpc) is 3.65. The molecule has 1 unspecified atom stereocenters. The van der Waals surface area contributed by atoms with Gasteiger partial charge in [0.15, 0.2) is 11.6 Å². The van der Waals surface area contributed by atoms with E-state index in [0.717, 1.165) is 63.1 Å². The molecule has 5 heterocycles. The molecule has 8 nitrogen and oxygen atoms in total. The zero-order valence-corrected chi connectivity index (χ0v) is 20.9. The highest BCUT2D eigenvalue weighted by atomic mass is 32.1. The normalized spacial score (nSPS) is 16.0. The van der Waals surface area contributed by atoms with E-state index in [2.05, 4.69) is 47.1 Å². The Bertz CT molecular complexity index is 1490. The van der Waals surface area contributed by atoms with Crippen LogP contribution in [0.5, 0.6) is 0 Å². The van der Waals surface area contributed by atoms with E-state index in [1.807, 2.05) is 41.8 Å². The molecule has 1 aliphatic heterocycles. The summed E-state index contributed by atoms with van der Waals surface area (Å²) in [6, 6.07) is 12.6. The molecular weight excluding hydrogens is 458 g/mol. The lowest BCUT2D eigenvalue weighted by Crippen LogP contribution is -2.24. The molecule has 0 bridgehead atoms. The molecule has 0 saturated carbocycles. The standard InChI is InChI=1S/C26H27N7OS/c1-4-34-18-10-14-33(16-18)24-21-20(17-8-6-5-7-9-17)22(19-11-13-32(3)30-19)35-26(21)29-23(28-24)25-27-12-15-31(25)2/h5-9,11-13,15,18H,4,10,14,16H2,1-3H3. The van der Waals surface area contributed by atoms with E-state index in [-0.39, 0.29) is 6.10 Å². The van der Waals surface area contributed by atoms with E-state index < -0.39 is 0 Å². The molecule has 1 saturated heterocycles. The summed E-state index contributed by atoms with van der Waals surface area (Å²) >= 11 is 1.66. The molecule has 178 valence electrons. The fraction of sp³-hybridized carbons (Fsp3) is 0.308. The van der Waals surface area contributed by atoms with Crippen LogP contribution in [0.2, 0.25) is 0 Å². The van der Waals surface area contributed by atoms with Crippen molar-refractivity contribution in [1.29, 1.82) is 0 Å². The SMILES string of the molecule is CCOC1CCN(c2nc(-c3nccn3C)nc3sc(-c4ccn(C)n4)c(-c4ccccc4)c23)C1. The second kappa shape index (κ2) is 8.90. The molecule has 5 aromatic rings.